The van der Waals surface area contributed by atoms with Crippen LogP contribution in [0, 0.1) is 27.7 Å². The summed E-state index contributed by atoms with van der Waals surface area (Å²) in [6.07, 6.45) is 0. The molecule has 0 saturated carbocycles. The summed E-state index contributed by atoms with van der Waals surface area (Å²) < 4.78 is 0. The zero-order valence-corrected chi connectivity index (χ0v) is 12.4. The fraction of sp³-hybridized carbons (Fsp3) is 0.235. The van der Waals surface area contributed by atoms with Crippen molar-refractivity contribution in [3.05, 3.63) is 68.7 Å². The van der Waals surface area contributed by atoms with Crippen LogP contribution in [0.4, 0.5) is 0 Å². The van der Waals surface area contributed by atoms with Gasteiger partial charge in [0.2, 0.25) is 0 Å². The molecule has 0 radical (unpaired) electrons. The molecule has 0 fully saturated rings. The topological polar surface area (TPSA) is 17.1 Å². The van der Waals surface area contributed by atoms with Gasteiger partial charge in [0.15, 0.2) is 5.78 Å². The van der Waals surface area contributed by atoms with Gasteiger partial charge in [-0.3, -0.25) is 4.79 Å². The Kier molecular flexibility index (Phi) is 3.77. The average molecular weight is 273 g/mol. The largest absolute Gasteiger partial charge is 0.289 e. The molecule has 0 spiro atoms. The Morgan fingerprint density at radius 3 is 1.95 bits per heavy atom. The van der Waals surface area contributed by atoms with E-state index < -0.39 is 0 Å². The SMILES string of the molecule is Cc1cc(C)cc(C(=O)c2cc(C)c(C)cc2Cl)c1. The number of ketones is 1. The third kappa shape index (κ3) is 2.87. The molecule has 0 bridgehead atoms. The van der Waals surface area contributed by atoms with Crippen molar-refractivity contribution in [2.75, 3.05) is 0 Å². The minimum absolute atomic E-state index is 0.0140. The standard InChI is InChI=1S/C17H17ClO/c1-10-5-11(2)7-14(6-10)17(19)15-8-12(3)13(4)9-16(15)18/h5-9H,1-4H3. The first kappa shape index (κ1) is 13.8. The normalized spacial score (nSPS) is 10.6. The summed E-state index contributed by atoms with van der Waals surface area (Å²) in [5, 5.41) is 0.521. The van der Waals surface area contributed by atoms with E-state index in [-0.39, 0.29) is 5.78 Å². The maximum Gasteiger partial charge on any atom is 0.194 e. The van der Waals surface area contributed by atoms with E-state index in [4.69, 9.17) is 11.6 Å². The molecule has 1 nitrogen and oxygen atoms in total. The number of carbonyl (C=O) groups is 1. The molecule has 0 saturated heterocycles. The highest BCUT2D eigenvalue weighted by Crippen LogP contribution is 2.24. The number of benzene rings is 2. The highest BCUT2D eigenvalue weighted by molar-refractivity contribution is 6.35. The van der Waals surface area contributed by atoms with E-state index in [9.17, 15) is 4.79 Å². The molecule has 0 aliphatic rings. The summed E-state index contributed by atoms with van der Waals surface area (Å²) in [5.41, 5.74) is 5.63. The van der Waals surface area contributed by atoms with E-state index >= 15 is 0 Å². The average Bonchev–Trinajstić information content (AvgIpc) is 2.31. The van der Waals surface area contributed by atoms with Crippen LogP contribution >= 0.6 is 11.6 Å². The molecule has 0 aliphatic heterocycles. The summed E-state index contributed by atoms with van der Waals surface area (Å²) in [7, 11) is 0. The number of hydrogen-bond donors (Lipinski definition) is 0. The predicted molar refractivity (Wildman–Crippen MR) is 80.3 cm³/mol. The van der Waals surface area contributed by atoms with Crippen LogP contribution in [-0.2, 0) is 0 Å². The molecule has 0 unspecified atom stereocenters. The highest BCUT2D eigenvalue weighted by Gasteiger charge is 2.14. The number of aryl methyl sites for hydroxylation is 4. The van der Waals surface area contributed by atoms with Gasteiger partial charge in [0.25, 0.3) is 0 Å². The van der Waals surface area contributed by atoms with E-state index in [1.807, 2.05) is 52.0 Å². The van der Waals surface area contributed by atoms with Crippen LogP contribution in [0.3, 0.4) is 0 Å². The molecule has 2 heteroatoms. The Bertz CT molecular complexity index is 636. The van der Waals surface area contributed by atoms with Gasteiger partial charge in [-0.05, 0) is 63.1 Å². The Hall–Kier alpha value is -1.60. The zero-order chi connectivity index (χ0) is 14.2. The fourth-order valence-corrected chi connectivity index (χ4v) is 2.52. The molecule has 0 amide bonds. The van der Waals surface area contributed by atoms with Gasteiger partial charge in [-0.25, -0.2) is 0 Å². The van der Waals surface area contributed by atoms with Crippen LogP contribution in [0.25, 0.3) is 0 Å². The smallest absolute Gasteiger partial charge is 0.194 e. The second-order valence-corrected chi connectivity index (χ2v) is 5.53. The minimum Gasteiger partial charge on any atom is -0.289 e. The molecule has 2 rings (SSSR count). The van der Waals surface area contributed by atoms with E-state index in [0.29, 0.717) is 16.1 Å². The first-order valence-corrected chi connectivity index (χ1v) is 6.66. The van der Waals surface area contributed by atoms with Gasteiger partial charge >= 0.3 is 0 Å². The number of halogens is 1. The van der Waals surface area contributed by atoms with Crippen molar-refractivity contribution < 1.29 is 4.79 Å². The molecular weight excluding hydrogens is 256 g/mol. The molecule has 0 aromatic heterocycles. The Morgan fingerprint density at radius 1 is 0.842 bits per heavy atom. The van der Waals surface area contributed by atoms with E-state index in [1.54, 1.807) is 0 Å². The second kappa shape index (κ2) is 5.18. The fourth-order valence-electron chi connectivity index (χ4n) is 2.22. The maximum absolute atomic E-state index is 12.6. The lowest BCUT2D eigenvalue weighted by atomic mass is 9.97. The molecule has 0 atom stereocenters. The summed E-state index contributed by atoms with van der Waals surface area (Å²) in [6.45, 7) is 7.97. The van der Waals surface area contributed by atoms with Crippen molar-refractivity contribution in [1.82, 2.24) is 0 Å². The molecule has 2 aromatic carbocycles. The van der Waals surface area contributed by atoms with Crippen LogP contribution in [0.5, 0.6) is 0 Å². The van der Waals surface area contributed by atoms with Gasteiger partial charge in [0.1, 0.15) is 0 Å². The molecule has 0 aliphatic carbocycles. The summed E-state index contributed by atoms with van der Waals surface area (Å²) in [5.74, 6) is -0.0140. The third-order valence-electron chi connectivity index (χ3n) is 3.31. The van der Waals surface area contributed by atoms with Crippen LogP contribution in [0.15, 0.2) is 30.3 Å². The number of carbonyl (C=O) groups excluding carboxylic acids is 1. The lowest BCUT2D eigenvalue weighted by molar-refractivity contribution is 0.103. The summed E-state index contributed by atoms with van der Waals surface area (Å²) in [4.78, 5) is 12.6. The van der Waals surface area contributed by atoms with Crippen molar-refractivity contribution in [2.24, 2.45) is 0 Å². The van der Waals surface area contributed by atoms with Crippen molar-refractivity contribution in [3.63, 3.8) is 0 Å². The third-order valence-corrected chi connectivity index (χ3v) is 3.62. The van der Waals surface area contributed by atoms with Gasteiger partial charge in [-0.15, -0.1) is 0 Å². The van der Waals surface area contributed by atoms with E-state index in [0.717, 1.165) is 22.3 Å². The lowest BCUT2D eigenvalue weighted by Gasteiger charge is -2.09. The van der Waals surface area contributed by atoms with Crippen molar-refractivity contribution >= 4 is 17.4 Å². The van der Waals surface area contributed by atoms with E-state index in [2.05, 4.69) is 6.07 Å². The summed E-state index contributed by atoms with van der Waals surface area (Å²) >= 11 is 6.20. The van der Waals surface area contributed by atoms with Gasteiger partial charge in [-0.2, -0.15) is 0 Å². The summed E-state index contributed by atoms with van der Waals surface area (Å²) in [6, 6.07) is 9.59. The number of hydrogen-bond acceptors (Lipinski definition) is 1. The molecule has 19 heavy (non-hydrogen) atoms. The Morgan fingerprint density at radius 2 is 1.37 bits per heavy atom. The molecule has 0 N–H and O–H groups in total. The quantitative estimate of drug-likeness (QED) is 0.718. The van der Waals surface area contributed by atoms with Crippen LogP contribution in [-0.4, -0.2) is 5.78 Å². The van der Waals surface area contributed by atoms with Crippen LogP contribution in [0.2, 0.25) is 5.02 Å². The van der Waals surface area contributed by atoms with Crippen molar-refractivity contribution in [3.8, 4) is 0 Å². The maximum atomic E-state index is 12.6. The van der Waals surface area contributed by atoms with Gasteiger partial charge in [0.05, 0.1) is 5.02 Å². The van der Waals surface area contributed by atoms with Gasteiger partial charge in [-0.1, -0.05) is 28.8 Å². The van der Waals surface area contributed by atoms with Crippen LogP contribution in [0.1, 0.15) is 38.2 Å². The first-order chi connectivity index (χ1) is 8.88. The zero-order valence-electron chi connectivity index (χ0n) is 11.7. The molecule has 0 heterocycles. The van der Waals surface area contributed by atoms with Crippen molar-refractivity contribution in [1.29, 1.82) is 0 Å². The predicted octanol–water partition coefficient (Wildman–Crippen LogP) is 4.80. The van der Waals surface area contributed by atoms with E-state index in [1.165, 1.54) is 0 Å². The molecule has 2 aromatic rings. The van der Waals surface area contributed by atoms with Crippen molar-refractivity contribution in [2.45, 2.75) is 27.7 Å². The van der Waals surface area contributed by atoms with Crippen LogP contribution < -0.4 is 0 Å². The van der Waals surface area contributed by atoms with Gasteiger partial charge in [0, 0.05) is 11.1 Å². The lowest BCUT2D eigenvalue weighted by Crippen LogP contribution is -2.04. The molecule has 98 valence electrons. The first-order valence-electron chi connectivity index (χ1n) is 6.28. The second-order valence-electron chi connectivity index (χ2n) is 5.12. The highest BCUT2D eigenvalue weighted by atomic mass is 35.5. The molecular formula is C17H17ClO. The number of rotatable bonds is 2. The Labute approximate surface area is 119 Å². The monoisotopic (exact) mass is 272 g/mol. The van der Waals surface area contributed by atoms with Gasteiger partial charge < -0.3 is 0 Å². The Balaban J connectivity index is 2.53. The minimum atomic E-state index is -0.0140.